The molecule has 4 aromatic heterocycles. The van der Waals surface area contributed by atoms with Crippen LogP contribution in [-0.4, -0.2) is 19.1 Å². The van der Waals surface area contributed by atoms with Gasteiger partial charge in [-0.15, -0.1) is 0 Å². The molecule has 0 saturated heterocycles. The lowest BCUT2D eigenvalue weighted by molar-refractivity contribution is -0.599. The predicted octanol–water partition coefficient (Wildman–Crippen LogP) is 11.8. The second-order valence-corrected chi connectivity index (χ2v) is 17.5. The molecule has 0 atom stereocenters. The molecule has 0 amide bonds. The molecule has 0 bridgehead atoms. The van der Waals surface area contributed by atoms with E-state index in [0.717, 1.165) is 55.6 Å². The summed E-state index contributed by atoms with van der Waals surface area (Å²) in [6.45, 7) is 19.8. The Morgan fingerprint density at radius 2 is 1.25 bits per heavy atom. The molecule has 0 aliphatic heterocycles. The number of fused-ring (bicyclic) bond motifs is 3. The van der Waals surface area contributed by atoms with Crippen LogP contribution in [0.25, 0.3) is 50.3 Å². The van der Waals surface area contributed by atoms with Gasteiger partial charge >= 0.3 is 0 Å². The average Bonchev–Trinajstić information content (AvgIpc) is 3.66. The number of imidazole rings is 1. The molecular formula is C49H49N5O. The number of hydrogen-bond donors (Lipinski definition) is 0. The van der Waals surface area contributed by atoms with Crippen LogP contribution in [0.5, 0.6) is 11.5 Å². The first-order valence-electron chi connectivity index (χ1n) is 19.9. The SMILES string of the molecule is [2H]c1c([2H])[n+](-c2cc(C(C)(C)C)cc(C(C)(C)C)c2)[c-]n1-c1cc(Oc2ccc3c4cc(-c5ccccc5)ccc4n(-c4cc(C(C)(C)C)ccn4)c3c2)ccn1. The first-order chi connectivity index (χ1) is 27.0. The van der Waals surface area contributed by atoms with Gasteiger partial charge in [-0.1, -0.05) is 105 Å². The fourth-order valence-electron chi connectivity index (χ4n) is 6.94. The highest BCUT2D eigenvalue weighted by atomic mass is 16.5. The highest BCUT2D eigenvalue weighted by Gasteiger charge is 2.22. The van der Waals surface area contributed by atoms with Crippen molar-refractivity contribution in [3.63, 3.8) is 0 Å². The van der Waals surface area contributed by atoms with E-state index in [0.29, 0.717) is 17.3 Å². The zero-order valence-corrected chi connectivity index (χ0v) is 33.2. The van der Waals surface area contributed by atoms with Crippen LogP contribution in [0.2, 0.25) is 0 Å². The minimum atomic E-state index is -0.103. The van der Waals surface area contributed by atoms with Gasteiger partial charge in [-0.25, -0.2) is 4.98 Å². The molecule has 0 aliphatic carbocycles. The first-order valence-corrected chi connectivity index (χ1v) is 18.9. The van der Waals surface area contributed by atoms with Crippen molar-refractivity contribution in [3.8, 4) is 39.9 Å². The summed E-state index contributed by atoms with van der Waals surface area (Å²) in [5.41, 5.74) is 8.38. The summed E-state index contributed by atoms with van der Waals surface area (Å²) in [5.74, 6) is 2.46. The molecule has 276 valence electrons. The third-order valence-electron chi connectivity index (χ3n) is 10.2. The van der Waals surface area contributed by atoms with Gasteiger partial charge in [0, 0.05) is 47.6 Å². The van der Waals surface area contributed by atoms with E-state index in [9.17, 15) is 0 Å². The summed E-state index contributed by atoms with van der Waals surface area (Å²) in [4.78, 5) is 9.47. The first kappa shape index (κ1) is 33.6. The van der Waals surface area contributed by atoms with Gasteiger partial charge in [0.05, 0.1) is 19.5 Å². The van der Waals surface area contributed by atoms with Crippen molar-refractivity contribution in [2.75, 3.05) is 0 Å². The van der Waals surface area contributed by atoms with Gasteiger partial charge in [-0.3, -0.25) is 18.7 Å². The fraction of sp³-hybridized carbons (Fsp3) is 0.245. The van der Waals surface area contributed by atoms with E-state index in [1.54, 1.807) is 22.9 Å². The number of hydrogen-bond acceptors (Lipinski definition) is 3. The molecule has 0 aliphatic rings. The van der Waals surface area contributed by atoms with Crippen LogP contribution in [0, 0.1) is 6.33 Å². The quantitative estimate of drug-likeness (QED) is 0.127. The van der Waals surface area contributed by atoms with Gasteiger partial charge in [0.15, 0.2) is 5.82 Å². The van der Waals surface area contributed by atoms with Crippen molar-refractivity contribution in [2.45, 2.75) is 78.6 Å². The topological polar surface area (TPSA) is 48.8 Å². The third kappa shape index (κ3) is 7.17. The summed E-state index contributed by atoms with van der Waals surface area (Å²) >= 11 is 0. The number of aromatic nitrogens is 5. The Hall–Kier alpha value is -6.01. The highest BCUT2D eigenvalue weighted by Crippen LogP contribution is 2.38. The van der Waals surface area contributed by atoms with E-state index in [1.165, 1.54) is 10.1 Å². The number of ether oxygens (including phenoxy) is 1. The molecular weight excluding hydrogens is 675 g/mol. The minimum absolute atomic E-state index is 0.0203. The Kier molecular flexibility index (Phi) is 8.16. The Morgan fingerprint density at radius 3 is 1.96 bits per heavy atom. The normalized spacial score (nSPS) is 13.0. The van der Waals surface area contributed by atoms with E-state index in [4.69, 9.17) is 12.5 Å². The Balaban J connectivity index is 1.20. The van der Waals surface area contributed by atoms with Crippen molar-refractivity contribution in [1.29, 1.82) is 0 Å². The van der Waals surface area contributed by atoms with Crippen LogP contribution in [0.15, 0.2) is 134 Å². The molecule has 0 saturated carbocycles. The molecule has 4 heterocycles. The Bertz CT molecular complexity index is 2760. The van der Waals surface area contributed by atoms with Crippen molar-refractivity contribution in [2.24, 2.45) is 0 Å². The van der Waals surface area contributed by atoms with Crippen molar-refractivity contribution < 1.29 is 12.0 Å². The molecule has 8 rings (SSSR count). The van der Waals surface area contributed by atoms with E-state index in [1.807, 2.05) is 18.3 Å². The predicted molar refractivity (Wildman–Crippen MR) is 224 cm³/mol. The molecule has 8 aromatic rings. The molecule has 6 nitrogen and oxygen atoms in total. The summed E-state index contributed by atoms with van der Waals surface area (Å²) in [6.07, 6.45) is 6.80. The van der Waals surface area contributed by atoms with Crippen molar-refractivity contribution >= 4 is 21.8 Å². The van der Waals surface area contributed by atoms with Crippen molar-refractivity contribution in [3.05, 3.63) is 157 Å². The number of pyridine rings is 2. The number of benzene rings is 4. The standard InChI is InChI=1S/C49H49N5O/c1-47(2,3)35-19-21-51-46(29-35)54-43-18-15-34(33-13-11-10-12-14-33)25-42(43)41-17-16-39(30-44(41)54)55-40-20-22-50-45(31-40)53-24-23-52(32-53)38-27-36(48(4,5)6)26-37(28-38)49(7,8)9/h10-31H,1-9H3/i23D,24D. The summed E-state index contributed by atoms with van der Waals surface area (Å²) in [7, 11) is 0. The molecule has 0 N–H and O–H groups in total. The van der Waals surface area contributed by atoms with E-state index < -0.39 is 0 Å². The van der Waals surface area contributed by atoms with Crippen LogP contribution in [0.4, 0.5) is 0 Å². The minimum Gasteiger partial charge on any atom is -0.458 e. The van der Waals surface area contributed by atoms with Gasteiger partial charge < -0.3 is 4.74 Å². The maximum atomic E-state index is 8.97. The highest BCUT2D eigenvalue weighted by molar-refractivity contribution is 6.10. The monoisotopic (exact) mass is 725 g/mol. The lowest BCUT2D eigenvalue weighted by atomic mass is 9.80. The maximum absolute atomic E-state index is 8.97. The third-order valence-corrected chi connectivity index (χ3v) is 10.2. The molecule has 0 radical (unpaired) electrons. The zero-order chi connectivity index (χ0) is 40.4. The van der Waals surface area contributed by atoms with Gasteiger partial charge in [-0.05, 0) is 98.7 Å². The van der Waals surface area contributed by atoms with Crippen LogP contribution in [0.1, 0.15) is 81.7 Å². The summed E-state index contributed by atoms with van der Waals surface area (Å²) < 4.78 is 29.8. The average molecular weight is 726 g/mol. The smallest absolute Gasteiger partial charge is 0.270 e. The number of nitrogens with zero attached hydrogens (tertiary/aromatic N) is 5. The summed E-state index contributed by atoms with van der Waals surface area (Å²) in [6, 6.07) is 37.5. The second-order valence-electron chi connectivity index (χ2n) is 17.5. The summed E-state index contributed by atoms with van der Waals surface area (Å²) in [5, 5.41) is 2.22. The molecule has 0 unspecified atom stereocenters. The van der Waals surface area contributed by atoms with Gasteiger partial charge in [0.1, 0.15) is 17.3 Å². The van der Waals surface area contributed by atoms with Crippen LogP contribution in [-0.2, 0) is 16.2 Å². The van der Waals surface area contributed by atoms with E-state index in [-0.39, 0.29) is 28.6 Å². The zero-order valence-electron chi connectivity index (χ0n) is 35.2. The number of rotatable bonds is 6. The van der Waals surface area contributed by atoms with Gasteiger partial charge in [0.25, 0.3) is 6.33 Å². The lowest BCUT2D eigenvalue weighted by Crippen LogP contribution is -2.30. The molecule has 4 aromatic carbocycles. The van der Waals surface area contributed by atoms with E-state index in [2.05, 4.69) is 163 Å². The fourth-order valence-corrected chi connectivity index (χ4v) is 6.94. The molecule has 6 heteroatoms. The second kappa shape index (κ2) is 13.4. The van der Waals surface area contributed by atoms with Crippen LogP contribution in [0.3, 0.4) is 0 Å². The largest absolute Gasteiger partial charge is 0.458 e. The Morgan fingerprint density at radius 1 is 0.582 bits per heavy atom. The lowest BCUT2D eigenvalue weighted by Gasteiger charge is -2.26. The molecule has 55 heavy (non-hydrogen) atoms. The van der Waals surface area contributed by atoms with Gasteiger partial charge in [-0.2, -0.15) is 0 Å². The van der Waals surface area contributed by atoms with Gasteiger partial charge in [0.2, 0.25) is 0 Å². The van der Waals surface area contributed by atoms with Crippen LogP contribution < -0.4 is 9.30 Å². The molecule has 0 spiro atoms. The molecule has 0 fully saturated rings. The maximum Gasteiger partial charge on any atom is 0.270 e. The van der Waals surface area contributed by atoms with E-state index >= 15 is 0 Å². The van der Waals surface area contributed by atoms with Crippen LogP contribution >= 0.6 is 0 Å². The Labute approximate surface area is 327 Å². The van der Waals surface area contributed by atoms with Crippen molar-refractivity contribution in [1.82, 2.24) is 19.1 Å².